The number of hydrogen-bond acceptors (Lipinski definition) is 3. The zero-order chi connectivity index (χ0) is 15.7. The molecule has 0 spiro atoms. The minimum atomic E-state index is -0.106. The number of nitrogens with one attached hydrogen (secondary N) is 1. The molecule has 1 aromatic rings. The van der Waals surface area contributed by atoms with Crippen molar-refractivity contribution in [3.8, 4) is 0 Å². The standard InChI is InChI=1S/C17H27FN2S/c1-16(2,3)19-11-13-7-6-8-14(18)15(13)20-9-10-21-17(4,5)12-20/h6-8,19H,9-12H2,1-5H3. The molecule has 1 aromatic carbocycles. The van der Waals surface area contributed by atoms with Crippen molar-refractivity contribution in [3.63, 3.8) is 0 Å². The Kier molecular flexibility index (Phi) is 4.89. The molecule has 0 radical (unpaired) electrons. The van der Waals surface area contributed by atoms with E-state index in [-0.39, 0.29) is 16.1 Å². The van der Waals surface area contributed by atoms with Gasteiger partial charge in [0, 0.05) is 35.7 Å². The summed E-state index contributed by atoms with van der Waals surface area (Å²) in [5.74, 6) is 0.943. The quantitative estimate of drug-likeness (QED) is 0.907. The van der Waals surface area contributed by atoms with Gasteiger partial charge in [0.1, 0.15) is 5.82 Å². The smallest absolute Gasteiger partial charge is 0.146 e. The largest absolute Gasteiger partial charge is 0.367 e. The van der Waals surface area contributed by atoms with Gasteiger partial charge in [0.2, 0.25) is 0 Å². The monoisotopic (exact) mass is 310 g/mol. The highest BCUT2D eigenvalue weighted by Gasteiger charge is 2.29. The second-order valence-electron chi connectivity index (χ2n) is 7.38. The second kappa shape index (κ2) is 6.17. The summed E-state index contributed by atoms with van der Waals surface area (Å²) in [4.78, 5) is 2.21. The van der Waals surface area contributed by atoms with Crippen LogP contribution in [0.5, 0.6) is 0 Å². The summed E-state index contributed by atoms with van der Waals surface area (Å²) < 4.78 is 14.6. The Balaban J connectivity index is 2.25. The van der Waals surface area contributed by atoms with Gasteiger partial charge in [-0.2, -0.15) is 11.8 Å². The van der Waals surface area contributed by atoms with Crippen molar-refractivity contribution in [2.75, 3.05) is 23.7 Å². The van der Waals surface area contributed by atoms with Gasteiger partial charge < -0.3 is 10.2 Å². The summed E-state index contributed by atoms with van der Waals surface area (Å²) in [5.41, 5.74) is 1.86. The highest BCUT2D eigenvalue weighted by molar-refractivity contribution is 8.00. The molecular formula is C17H27FN2S. The Morgan fingerprint density at radius 2 is 2.05 bits per heavy atom. The van der Waals surface area contributed by atoms with Crippen molar-refractivity contribution < 1.29 is 4.39 Å². The second-order valence-corrected chi connectivity index (χ2v) is 9.18. The zero-order valence-electron chi connectivity index (χ0n) is 13.8. The molecule has 1 aliphatic rings. The van der Waals surface area contributed by atoms with E-state index >= 15 is 0 Å². The molecule has 1 saturated heterocycles. The Morgan fingerprint density at radius 3 is 2.67 bits per heavy atom. The van der Waals surface area contributed by atoms with Gasteiger partial charge in [0.05, 0.1) is 5.69 Å². The topological polar surface area (TPSA) is 15.3 Å². The number of nitrogens with zero attached hydrogens (tertiary/aromatic N) is 1. The summed E-state index contributed by atoms with van der Waals surface area (Å²) in [5, 5.41) is 3.47. The molecule has 0 unspecified atom stereocenters. The maximum Gasteiger partial charge on any atom is 0.146 e. The van der Waals surface area contributed by atoms with Crippen LogP contribution in [0.25, 0.3) is 0 Å². The van der Waals surface area contributed by atoms with Crippen LogP contribution in [0.1, 0.15) is 40.2 Å². The van der Waals surface area contributed by atoms with Gasteiger partial charge in [-0.1, -0.05) is 12.1 Å². The average molecular weight is 310 g/mol. The van der Waals surface area contributed by atoms with Crippen molar-refractivity contribution in [2.45, 2.75) is 51.4 Å². The number of benzene rings is 1. The molecule has 1 aliphatic heterocycles. The number of anilines is 1. The van der Waals surface area contributed by atoms with Crippen LogP contribution in [0.4, 0.5) is 10.1 Å². The van der Waals surface area contributed by atoms with Crippen LogP contribution in [0, 0.1) is 5.82 Å². The van der Waals surface area contributed by atoms with Crippen LogP contribution in [-0.2, 0) is 6.54 Å². The molecule has 2 nitrogen and oxygen atoms in total. The normalized spacial score (nSPS) is 18.9. The first-order valence-corrected chi connectivity index (χ1v) is 8.58. The van der Waals surface area contributed by atoms with E-state index < -0.39 is 0 Å². The van der Waals surface area contributed by atoms with Gasteiger partial charge in [-0.15, -0.1) is 0 Å². The van der Waals surface area contributed by atoms with Crippen molar-refractivity contribution in [1.82, 2.24) is 5.32 Å². The number of para-hydroxylation sites is 1. The lowest BCUT2D eigenvalue weighted by atomic mass is 10.1. The third-order valence-electron chi connectivity index (χ3n) is 3.62. The fourth-order valence-electron chi connectivity index (χ4n) is 2.62. The SMILES string of the molecule is CC(C)(C)NCc1cccc(F)c1N1CCSC(C)(C)C1. The van der Waals surface area contributed by atoms with Gasteiger partial charge >= 0.3 is 0 Å². The molecule has 2 rings (SSSR count). The molecule has 1 fully saturated rings. The van der Waals surface area contributed by atoms with Crippen LogP contribution in [-0.4, -0.2) is 29.1 Å². The zero-order valence-corrected chi connectivity index (χ0v) is 14.6. The lowest BCUT2D eigenvalue weighted by Gasteiger charge is -2.40. The molecule has 1 N–H and O–H groups in total. The van der Waals surface area contributed by atoms with Crippen molar-refractivity contribution in [2.24, 2.45) is 0 Å². The maximum absolute atomic E-state index is 14.4. The highest BCUT2D eigenvalue weighted by Crippen LogP contribution is 2.34. The Bertz CT molecular complexity index is 494. The molecule has 4 heteroatoms. The lowest BCUT2D eigenvalue weighted by Crippen LogP contribution is -2.44. The predicted molar refractivity (Wildman–Crippen MR) is 91.7 cm³/mol. The van der Waals surface area contributed by atoms with E-state index in [4.69, 9.17) is 0 Å². The van der Waals surface area contributed by atoms with Crippen molar-refractivity contribution in [3.05, 3.63) is 29.6 Å². The predicted octanol–water partition coefficient (Wildman–Crippen LogP) is 4.05. The number of halogens is 1. The van der Waals surface area contributed by atoms with Gasteiger partial charge in [0.25, 0.3) is 0 Å². The van der Waals surface area contributed by atoms with Crippen LogP contribution in [0.3, 0.4) is 0 Å². The van der Waals surface area contributed by atoms with Crippen molar-refractivity contribution >= 4 is 17.4 Å². The number of thioether (sulfide) groups is 1. The fourth-order valence-corrected chi connectivity index (χ4v) is 3.74. The molecule has 0 aliphatic carbocycles. The third kappa shape index (κ3) is 4.62. The van der Waals surface area contributed by atoms with Gasteiger partial charge in [-0.05, 0) is 46.2 Å². The van der Waals surface area contributed by atoms with E-state index in [1.807, 2.05) is 23.9 Å². The molecule has 0 bridgehead atoms. The van der Waals surface area contributed by atoms with Gasteiger partial charge in [0.15, 0.2) is 0 Å². The lowest BCUT2D eigenvalue weighted by molar-refractivity contribution is 0.423. The Labute approximate surface area is 132 Å². The maximum atomic E-state index is 14.4. The molecule has 0 aromatic heterocycles. The Morgan fingerprint density at radius 1 is 1.33 bits per heavy atom. The molecule has 118 valence electrons. The van der Waals surface area contributed by atoms with E-state index in [0.29, 0.717) is 6.54 Å². The average Bonchev–Trinajstić information content (AvgIpc) is 2.34. The Hall–Kier alpha value is -0.740. The van der Waals surface area contributed by atoms with Crippen LogP contribution in [0.15, 0.2) is 18.2 Å². The summed E-state index contributed by atoms with van der Waals surface area (Å²) in [6.45, 7) is 13.4. The van der Waals surface area contributed by atoms with Crippen LogP contribution < -0.4 is 10.2 Å². The highest BCUT2D eigenvalue weighted by atomic mass is 32.2. The summed E-state index contributed by atoms with van der Waals surface area (Å²) in [6.07, 6.45) is 0. The molecule has 1 heterocycles. The van der Waals surface area contributed by atoms with E-state index in [9.17, 15) is 4.39 Å². The first-order valence-electron chi connectivity index (χ1n) is 7.59. The van der Waals surface area contributed by atoms with E-state index in [1.165, 1.54) is 0 Å². The van der Waals surface area contributed by atoms with Crippen LogP contribution in [0.2, 0.25) is 0 Å². The molecular weight excluding hydrogens is 283 g/mol. The molecule has 21 heavy (non-hydrogen) atoms. The number of rotatable bonds is 3. The summed E-state index contributed by atoms with van der Waals surface area (Å²) in [6, 6.07) is 5.42. The van der Waals surface area contributed by atoms with E-state index in [1.54, 1.807) is 6.07 Å². The minimum absolute atomic E-state index is 0.0284. The summed E-state index contributed by atoms with van der Waals surface area (Å²) in [7, 11) is 0. The molecule has 0 saturated carbocycles. The number of hydrogen-bond donors (Lipinski definition) is 1. The minimum Gasteiger partial charge on any atom is -0.367 e. The molecule has 0 amide bonds. The third-order valence-corrected chi connectivity index (χ3v) is 4.92. The fraction of sp³-hybridized carbons (Fsp3) is 0.647. The first kappa shape index (κ1) is 16.6. The summed E-state index contributed by atoms with van der Waals surface area (Å²) >= 11 is 1.97. The van der Waals surface area contributed by atoms with E-state index in [0.717, 1.165) is 30.1 Å². The van der Waals surface area contributed by atoms with Crippen LogP contribution >= 0.6 is 11.8 Å². The van der Waals surface area contributed by atoms with Gasteiger partial charge in [-0.3, -0.25) is 0 Å². The van der Waals surface area contributed by atoms with Gasteiger partial charge in [-0.25, -0.2) is 4.39 Å². The van der Waals surface area contributed by atoms with E-state index in [2.05, 4.69) is 44.8 Å². The molecule has 0 atom stereocenters. The van der Waals surface area contributed by atoms with Crippen molar-refractivity contribution in [1.29, 1.82) is 0 Å². The first-order chi connectivity index (χ1) is 9.68.